The second-order valence-electron chi connectivity index (χ2n) is 10.8. The van der Waals surface area contributed by atoms with Gasteiger partial charge >= 0.3 is 12.1 Å². The van der Waals surface area contributed by atoms with Gasteiger partial charge in [0.15, 0.2) is 18.5 Å². The molecule has 4 unspecified atom stereocenters. The number of rotatable bonds is 10. The van der Waals surface area contributed by atoms with Gasteiger partial charge in [0, 0.05) is 5.92 Å². The lowest BCUT2D eigenvalue weighted by Crippen LogP contribution is -2.63. The zero-order valence-electron chi connectivity index (χ0n) is 23.8. The van der Waals surface area contributed by atoms with Crippen LogP contribution in [0, 0.1) is 5.92 Å². The minimum Gasteiger partial charge on any atom is -0.467 e. The van der Waals surface area contributed by atoms with E-state index in [1.54, 1.807) is 0 Å². The summed E-state index contributed by atoms with van der Waals surface area (Å²) in [7, 11) is 1.32. The molecule has 0 radical (unpaired) electrons. The molecule has 0 bridgehead atoms. The Morgan fingerprint density at radius 1 is 0.878 bits per heavy atom. The van der Waals surface area contributed by atoms with Gasteiger partial charge in [0.25, 0.3) is 0 Å². The van der Waals surface area contributed by atoms with Crippen molar-refractivity contribution in [1.29, 1.82) is 0 Å². The smallest absolute Gasteiger partial charge is 0.408 e. The Labute approximate surface area is 240 Å². The molecular weight excluding hydrogens is 530 g/mol. The van der Waals surface area contributed by atoms with Gasteiger partial charge in [-0.05, 0) is 24.5 Å². The number of ether oxygens (including phenoxy) is 7. The van der Waals surface area contributed by atoms with Crippen molar-refractivity contribution in [3.05, 3.63) is 71.8 Å². The van der Waals surface area contributed by atoms with Crippen molar-refractivity contribution in [3.8, 4) is 0 Å². The average molecular weight is 570 g/mol. The van der Waals surface area contributed by atoms with Crippen molar-refractivity contribution < 1.29 is 42.7 Å². The van der Waals surface area contributed by atoms with Crippen LogP contribution >= 0.6 is 0 Å². The lowest BCUT2D eigenvalue weighted by Gasteiger charge is -2.47. The molecule has 3 heterocycles. The zero-order valence-corrected chi connectivity index (χ0v) is 23.8. The molecule has 0 spiro atoms. The first-order valence-electron chi connectivity index (χ1n) is 14.2. The summed E-state index contributed by atoms with van der Waals surface area (Å²) >= 11 is 0. The van der Waals surface area contributed by atoms with Gasteiger partial charge in [-0.1, -0.05) is 74.5 Å². The molecule has 3 saturated heterocycles. The monoisotopic (exact) mass is 569 g/mol. The van der Waals surface area contributed by atoms with E-state index in [1.165, 1.54) is 7.11 Å². The summed E-state index contributed by atoms with van der Waals surface area (Å²) in [6.45, 7) is 6.33. The summed E-state index contributed by atoms with van der Waals surface area (Å²) in [5.41, 5.74) is 1.94. The van der Waals surface area contributed by atoms with E-state index in [-0.39, 0.29) is 24.9 Å². The summed E-state index contributed by atoms with van der Waals surface area (Å²) in [6.07, 6.45) is -5.16. The van der Waals surface area contributed by atoms with E-state index in [0.29, 0.717) is 13.0 Å². The molecule has 5 rings (SSSR count). The van der Waals surface area contributed by atoms with Crippen LogP contribution in [0.4, 0.5) is 4.79 Å². The third-order valence-electron chi connectivity index (χ3n) is 8.03. The van der Waals surface area contributed by atoms with Crippen molar-refractivity contribution in [2.45, 2.75) is 95.5 Å². The van der Waals surface area contributed by atoms with Gasteiger partial charge in [0.1, 0.15) is 12.2 Å². The highest BCUT2D eigenvalue weighted by Crippen LogP contribution is 2.37. The molecule has 10 nitrogen and oxygen atoms in total. The Balaban J connectivity index is 1.45. The lowest BCUT2D eigenvalue weighted by molar-refractivity contribution is -0.331. The van der Waals surface area contributed by atoms with E-state index in [0.717, 1.165) is 11.1 Å². The van der Waals surface area contributed by atoms with E-state index in [4.69, 9.17) is 33.2 Å². The Bertz CT molecular complexity index is 1150. The first-order chi connectivity index (χ1) is 19.9. The van der Waals surface area contributed by atoms with Crippen LogP contribution in [0.2, 0.25) is 0 Å². The second kappa shape index (κ2) is 13.3. The summed E-state index contributed by atoms with van der Waals surface area (Å²) in [5.74, 6) is -0.955. The minimum atomic E-state index is -1.05. The molecule has 3 aliphatic heterocycles. The fourth-order valence-corrected chi connectivity index (χ4v) is 5.82. The number of methoxy groups -OCH3 is 1. The number of esters is 1. The van der Waals surface area contributed by atoms with Crippen molar-refractivity contribution in [1.82, 2.24) is 5.32 Å². The van der Waals surface area contributed by atoms with Crippen LogP contribution in [0.25, 0.3) is 0 Å². The molecule has 10 heteroatoms. The normalized spacial score (nSPS) is 34.8. The highest BCUT2D eigenvalue weighted by atomic mass is 16.7. The highest BCUT2D eigenvalue weighted by molar-refractivity contribution is 5.75. The number of carbonyl (C=O) groups is 2. The number of fused-ring (bicyclic) bond motifs is 1. The fourth-order valence-electron chi connectivity index (χ4n) is 5.82. The number of carbonyl (C=O) groups excluding carboxylic acids is 2. The standard InChI is InChI=1S/C31H39NO9/c1-5-22-26(27-23(19(3)38-22)32-31(34)41-27)40-30-28(37-17-21-14-10-7-11-15-21)24(18(2)25(39-30)29(33)35-4)36-16-20-12-8-6-9-13-20/h6-15,18-19,22-28,30H,5,16-17H2,1-4H3,(H,32,34)/t18-,19-,22?,23?,24+,25?,26+,27+,28?,30-/m0/s1. The molecule has 1 amide bonds. The van der Waals surface area contributed by atoms with E-state index in [2.05, 4.69) is 5.32 Å². The Hall–Kier alpha value is -3.02. The van der Waals surface area contributed by atoms with E-state index in [1.807, 2.05) is 81.4 Å². The van der Waals surface area contributed by atoms with E-state index < -0.39 is 54.8 Å². The summed E-state index contributed by atoms with van der Waals surface area (Å²) in [5, 5.41) is 2.83. The Kier molecular flexibility index (Phi) is 9.57. The average Bonchev–Trinajstić information content (AvgIpc) is 3.40. The number of alkyl carbamates (subject to hydrolysis) is 1. The molecule has 3 aliphatic rings. The number of amides is 1. The van der Waals surface area contributed by atoms with Crippen LogP contribution in [0.5, 0.6) is 0 Å². The van der Waals surface area contributed by atoms with Gasteiger partial charge in [-0.25, -0.2) is 9.59 Å². The third kappa shape index (κ3) is 6.57. The number of nitrogens with one attached hydrogen (secondary N) is 1. The SMILES string of the molecule is CCC1O[C@@H](C)C2NC(=O)O[C@H]2[C@@H]1O[C@@H]1OC(C(=O)OC)[C@@H](C)[C@@H](OCc2ccccc2)C1OCc1ccccc1. The fraction of sp³-hybridized carbons (Fsp3) is 0.548. The zero-order chi connectivity index (χ0) is 28.9. The summed E-state index contributed by atoms with van der Waals surface area (Å²) in [6, 6.07) is 19.2. The third-order valence-corrected chi connectivity index (χ3v) is 8.03. The minimum absolute atomic E-state index is 0.265. The van der Waals surface area contributed by atoms with E-state index in [9.17, 15) is 9.59 Å². The molecule has 0 aromatic heterocycles. The maximum atomic E-state index is 12.9. The van der Waals surface area contributed by atoms with Gasteiger partial charge in [0.05, 0.1) is 44.7 Å². The number of hydrogen-bond donors (Lipinski definition) is 1. The van der Waals surface area contributed by atoms with Crippen molar-refractivity contribution in [3.63, 3.8) is 0 Å². The highest BCUT2D eigenvalue weighted by Gasteiger charge is 2.55. The molecule has 10 atom stereocenters. The number of hydrogen-bond acceptors (Lipinski definition) is 9. The molecule has 3 fully saturated rings. The quantitative estimate of drug-likeness (QED) is 0.428. The Morgan fingerprint density at radius 3 is 2.07 bits per heavy atom. The van der Waals surface area contributed by atoms with Crippen molar-refractivity contribution in [2.24, 2.45) is 5.92 Å². The predicted molar refractivity (Wildman–Crippen MR) is 147 cm³/mol. The van der Waals surface area contributed by atoms with Gasteiger partial charge in [-0.2, -0.15) is 0 Å². The van der Waals surface area contributed by atoms with Crippen LogP contribution in [0.15, 0.2) is 60.7 Å². The second-order valence-corrected chi connectivity index (χ2v) is 10.8. The lowest BCUT2D eigenvalue weighted by atomic mass is 9.89. The van der Waals surface area contributed by atoms with Gasteiger partial charge < -0.3 is 38.5 Å². The molecular formula is C31H39NO9. The summed E-state index contributed by atoms with van der Waals surface area (Å²) < 4.78 is 42.9. The van der Waals surface area contributed by atoms with Crippen LogP contribution in [0.3, 0.4) is 0 Å². The molecule has 2 aromatic rings. The molecule has 1 N–H and O–H groups in total. The first-order valence-corrected chi connectivity index (χ1v) is 14.2. The first kappa shape index (κ1) is 29.5. The maximum absolute atomic E-state index is 12.9. The van der Waals surface area contributed by atoms with E-state index >= 15 is 0 Å². The van der Waals surface area contributed by atoms with Gasteiger partial charge in [-0.3, -0.25) is 0 Å². The predicted octanol–water partition coefficient (Wildman–Crippen LogP) is 3.75. The van der Waals surface area contributed by atoms with Crippen molar-refractivity contribution >= 4 is 12.1 Å². The maximum Gasteiger partial charge on any atom is 0.408 e. The topological polar surface area (TPSA) is 111 Å². The molecule has 0 saturated carbocycles. The van der Waals surface area contributed by atoms with Crippen LogP contribution in [-0.4, -0.2) is 74.2 Å². The summed E-state index contributed by atoms with van der Waals surface area (Å²) in [4.78, 5) is 25.1. The molecule has 2 aromatic carbocycles. The molecule has 41 heavy (non-hydrogen) atoms. The largest absolute Gasteiger partial charge is 0.467 e. The molecule has 222 valence electrons. The Morgan fingerprint density at radius 2 is 1.49 bits per heavy atom. The molecule has 0 aliphatic carbocycles. The van der Waals surface area contributed by atoms with Crippen LogP contribution in [-0.2, 0) is 51.2 Å². The van der Waals surface area contributed by atoms with Crippen molar-refractivity contribution in [2.75, 3.05) is 7.11 Å². The number of benzene rings is 2. The van der Waals surface area contributed by atoms with Crippen LogP contribution < -0.4 is 5.32 Å². The van der Waals surface area contributed by atoms with Gasteiger partial charge in [-0.15, -0.1) is 0 Å². The van der Waals surface area contributed by atoms with Crippen LogP contribution in [0.1, 0.15) is 38.3 Å². The van der Waals surface area contributed by atoms with Gasteiger partial charge in [0.2, 0.25) is 0 Å².